The molecule has 0 saturated carbocycles. The third-order valence-corrected chi connectivity index (χ3v) is 6.32. The van der Waals surface area contributed by atoms with Crippen LogP contribution < -0.4 is 11.3 Å². The van der Waals surface area contributed by atoms with Gasteiger partial charge in [0.15, 0.2) is 0 Å². The van der Waals surface area contributed by atoms with E-state index in [-0.39, 0.29) is 17.0 Å². The van der Waals surface area contributed by atoms with Gasteiger partial charge in [0, 0.05) is 53.6 Å². The molecule has 3 aromatic heterocycles. The summed E-state index contributed by atoms with van der Waals surface area (Å²) in [7, 11) is 0. The minimum Gasteiger partial charge on any atom is -0.383 e. The van der Waals surface area contributed by atoms with Crippen LogP contribution in [-0.2, 0) is 12.1 Å². The molecule has 0 spiro atoms. The van der Waals surface area contributed by atoms with Gasteiger partial charge in [-0.15, -0.1) is 0 Å². The van der Waals surface area contributed by atoms with E-state index in [1.807, 2.05) is 44.2 Å². The number of aryl methyl sites for hydroxylation is 3. The molecule has 1 unspecified atom stereocenters. The molecule has 4 aromatic rings. The molecule has 170 valence electrons. The van der Waals surface area contributed by atoms with Gasteiger partial charge < -0.3 is 10.3 Å². The van der Waals surface area contributed by atoms with Crippen LogP contribution in [0.4, 0.5) is 4.39 Å². The molecule has 1 atom stereocenters. The Bertz CT molecular complexity index is 1520. The van der Waals surface area contributed by atoms with Gasteiger partial charge in [-0.3, -0.25) is 14.8 Å². The first-order valence-electron chi connectivity index (χ1n) is 11.1. The summed E-state index contributed by atoms with van der Waals surface area (Å²) in [6.07, 6.45) is 7.04. The van der Waals surface area contributed by atoms with Gasteiger partial charge >= 0.3 is 0 Å². The molecule has 34 heavy (non-hydrogen) atoms. The minimum absolute atomic E-state index is 0.0722. The fourth-order valence-electron chi connectivity index (χ4n) is 4.72. The molecule has 0 fully saturated rings. The van der Waals surface area contributed by atoms with Crippen LogP contribution in [0.25, 0.3) is 11.3 Å². The van der Waals surface area contributed by atoms with Crippen molar-refractivity contribution in [1.29, 1.82) is 0 Å². The van der Waals surface area contributed by atoms with E-state index in [1.165, 1.54) is 6.07 Å². The SMILES string of the molecule is CCn1cc(C2(c3ccnc(-c4cncc(C)c4)c3)N=C(N)c3c(F)cccc32)cc(C)c1=O. The van der Waals surface area contributed by atoms with Crippen LogP contribution in [-0.4, -0.2) is 20.4 Å². The van der Waals surface area contributed by atoms with Gasteiger partial charge in [0.25, 0.3) is 5.56 Å². The summed E-state index contributed by atoms with van der Waals surface area (Å²) in [5.41, 5.74) is 10.7. The van der Waals surface area contributed by atoms with E-state index >= 15 is 0 Å². The summed E-state index contributed by atoms with van der Waals surface area (Å²) in [5.74, 6) is -0.311. The Hall–Kier alpha value is -4.13. The second kappa shape index (κ2) is 8.02. The van der Waals surface area contributed by atoms with Crippen molar-refractivity contribution in [3.63, 3.8) is 0 Å². The van der Waals surface area contributed by atoms with Crippen LogP contribution in [0.1, 0.15) is 40.3 Å². The van der Waals surface area contributed by atoms with Crippen molar-refractivity contribution >= 4 is 5.84 Å². The van der Waals surface area contributed by atoms with Crippen LogP contribution >= 0.6 is 0 Å². The highest BCUT2D eigenvalue weighted by Gasteiger charge is 2.44. The van der Waals surface area contributed by atoms with E-state index in [4.69, 9.17) is 10.7 Å². The minimum atomic E-state index is -1.13. The lowest BCUT2D eigenvalue weighted by atomic mass is 9.77. The van der Waals surface area contributed by atoms with Crippen LogP contribution in [0, 0.1) is 19.7 Å². The molecule has 0 saturated heterocycles. The summed E-state index contributed by atoms with van der Waals surface area (Å²) in [4.78, 5) is 26.4. The molecule has 0 bridgehead atoms. The van der Waals surface area contributed by atoms with Gasteiger partial charge in [-0.25, -0.2) is 9.38 Å². The van der Waals surface area contributed by atoms with E-state index in [0.29, 0.717) is 23.4 Å². The first-order chi connectivity index (χ1) is 16.3. The third-order valence-electron chi connectivity index (χ3n) is 6.32. The number of amidine groups is 1. The lowest BCUT2D eigenvalue weighted by Gasteiger charge is -2.30. The standard InChI is InChI=1S/C27H24FN5O/c1-4-33-15-20(11-17(3)26(33)34)27(21-6-5-7-22(28)24(21)25(29)32-27)19-8-9-31-23(12-19)18-10-16(2)13-30-14-18/h5-15H,4H2,1-3H3,(H2,29,32). The molecule has 7 heteroatoms. The van der Waals surface area contributed by atoms with Gasteiger partial charge in [-0.2, -0.15) is 0 Å². The molecule has 6 nitrogen and oxygen atoms in total. The number of nitrogens with two attached hydrogens (primary N) is 1. The zero-order valence-electron chi connectivity index (χ0n) is 19.2. The van der Waals surface area contributed by atoms with Crippen LogP contribution in [0.2, 0.25) is 0 Å². The van der Waals surface area contributed by atoms with Gasteiger partial charge in [-0.1, -0.05) is 12.1 Å². The number of halogens is 1. The number of aliphatic imine (C=N–C) groups is 1. The number of hydrogen-bond acceptors (Lipinski definition) is 5. The zero-order valence-corrected chi connectivity index (χ0v) is 19.2. The Kier molecular flexibility index (Phi) is 5.12. The topological polar surface area (TPSA) is 86.2 Å². The third kappa shape index (κ3) is 3.23. The lowest BCUT2D eigenvalue weighted by molar-refractivity contribution is 0.610. The fourth-order valence-corrected chi connectivity index (χ4v) is 4.72. The van der Waals surface area contributed by atoms with Gasteiger partial charge in [0.1, 0.15) is 17.2 Å². The van der Waals surface area contributed by atoms with Crippen molar-refractivity contribution in [1.82, 2.24) is 14.5 Å². The Morgan fingerprint density at radius 3 is 2.68 bits per heavy atom. The van der Waals surface area contributed by atoms with Gasteiger partial charge in [0.05, 0.1) is 11.3 Å². The molecular formula is C27H24FN5O. The fraction of sp³-hybridized carbons (Fsp3) is 0.185. The van der Waals surface area contributed by atoms with Crippen LogP contribution in [0.15, 0.2) is 77.0 Å². The summed E-state index contributed by atoms with van der Waals surface area (Å²) >= 11 is 0. The number of nitrogens with zero attached hydrogens (tertiary/aromatic N) is 4. The predicted octanol–water partition coefficient (Wildman–Crippen LogP) is 4.09. The number of hydrogen-bond donors (Lipinski definition) is 1. The van der Waals surface area contributed by atoms with E-state index in [1.54, 1.807) is 42.3 Å². The average molecular weight is 454 g/mol. The van der Waals surface area contributed by atoms with Crippen molar-refractivity contribution in [2.75, 3.05) is 0 Å². The van der Waals surface area contributed by atoms with E-state index in [0.717, 1.165) is 22.3 Å². The summed E-state index contributed by atoms with van der Waals surface area (Å²) in [6.45, 7) is 6.15. The predicted molar refractivity (Wildman–Crippen MR) is 130 cm³/mol. The number of rotatable bonds is 4. The Labute approximate surface area is 196 Å². The normalized spacial score (nSPS) is 16.9. The quantitative estimate of drug-likeness (QED) is 0.504. The monoisotopic (exact) mass is 453 g/mol. The second-order valence-electron chi connectivity index (χ2n) is 8.55. The van der Waals surface area contributed by atoms with Crippen molar-refractivity contribution in [2.45, 2.75) is 32.9 Å². The molecule has 4 heterocycles. The molecule has 5 rings (SSSR count). The highest BCUT2D eigenvalue weighted by Crippen LogP contribution is 2.46. The van der Waals surface area contributed by atoms with E-state index in [2.05, 4.69) is 9.97 Å². The van der Waals surface area contributed by atoms with E-state index in [9.17, 15) is 9.18 Å². The Morgan fingerprint density at radius 2 is 1.91 bits per heavy atom. The van der Waals surface area contributed by atoms with Crippen LogP contribution in [0.3, 0.4) is 0 Å². The average Bonchev–Trinajstić information content (AvgIpc) is 3.15. The van der Waals surface area contributed by atoms with Crippen molar-refractivity contribution in [3.8, 4) is 11.3 Å². The largest absolute Gasteiger partial charge is 0.383 e. The first kappa shape index (κ1) is 21.7. The summed E-state index contributed by atoms with van der Waals surface area (Å²) in [6, 6.07) is 12.5. The smallest absolute Gasteiger partial charge is 0.253 e. The maximum absolute atomic E-state index is 15.0. The van der Waals surface area contributed by atoms with Gasteiger partial charge in [-0.05, 0) is 62.2 Å². The molecule has 2 N–H and O–H groups in total. The Morgan fingerprint density at radius 1 is 1.09 bits per heavy atom. The number of pyridine rings is 3. The van der Waals surface area contributed by atoms with Crippen molar-refractivity contribution in [2.24, 2.45) is 10.7 Å². The molecule has 1 aromatic carbocycles. The second-order valence-corrected chi connectivity index (χ2v) is 8.55. The molecular weight excluding hydrogens is 429 g/mol. The zero-order chi connectivity index (χ0) is 24.0. The summed E-state index contributed by atoms with van der Waals surface area (Å²) < 4.78 is 16.6. The molecule has 1 aliphatic rings. The lowest BCUT2D eigenvalue weighted by Crippen LogP contribution is -2.30. The number of benzene rings is 1. The molecule has 1 aliphatic heterocycles. The number of fused-ring (bicyclic) bond motifs is 1. The van der Waals surface area contributed by atoms with Crippen molar-refractivity contribution in [3.05, 3.63) is 117 Å². The molecule has 0 amide bonds. The van der Waals surface area contributed by atoms with Crippen molar-refractivity contribution < 1.29 is 4.39 Å². The molecule has 0 radical (unpaired) electrons. The maximum atomic E-state index is 15.0. The highest BCUT2D eigenvalue weighted by atomic mass is 19.1. The highest BCUT2D eigenvalue weighted by molar-refractivity contribution is 6.03. The van der Waals surface area contributed by atoms with Crippen LogP contribution in [0.5, 0.6) is 0 Å². The number of aromatic nitrogens is 3. The summed E-state index contributed by atoms with van der Waals surface area (Å²) in [5, 5.41) is 0. The Balaban J connectivity index is 1.85. The van der Waals surface area contributed by atoms with Gasteiger partial charge in [0.2, 0.25) is 0 Å². The maximum Gasteiger partial charge on any atom is 0.253 e. The first-order valence-corrected chi connectivity index (χ1v) is 11.1. The molecule has 0 aliphatic carbocycles. The van der Waals surface area contributed by atoms with E-state index < -0.39 is 11.4 Å².